The van der Waals surface area contributed by atoms with Gasteiger partial charge < -0.3 is 4.90 Å². The van der Waals surface area contributed by atoms with Crippen LogP contribution in [0.3, 0.4) is 0 Å². The van der Waals surface area contributed by atoms with E-state index in [1.807, 2.05) is 12.2 Å². The summed E-state index contributed by atoms with van der Waals surface area (Å²) >= 11 is 0. The fraction of sp³-hybridized carbons (Fsp3) is 0.519. The van der Waals surface area contributed by atoms with Crippen LogP contribution in [-0.2, 0) is 10.8 Å². The van der Waals surface area contributed by atoms with Gasteiger partial charge >= 0.3 is 0 Å². The van der Waals surface area contributed by atoms with E-state index in [2.05, 4.69) is 87.8 Å². The summed E-state index contributed by atoms with van der Waals surface area (Å²) in [6.45, 7) is 19.1. The van der Waals surface area contributed by atoms with Gasteiger partial charge in [-0.05, 0) is 60.9 Å². The van der Waals surface area contributed by atoms with Gasteiger partial charge in [-0.25, -0.2) is 0 Å². The van der Waals surface area contributed by atoms with E-state index in [4.69, 9.17) is 5.10 Å². The maximum Gasteiger partial charge on any atom is 0.0904 e. The van der Waals surface area contributed by atoms with Gasteiger partial charge in [0.15, 0.2) is 0 Å². The highest BCUT2D eigenvalue weighted by Gasteiger charge is 2.37. The number of rotatable bonds is 4. The number of likely N-dealkylation sites (N-methyl/N-ethyl adjacent to an activating group) is 1. The normalized spacial score (nSPS) is 20.7. The zero-order valence-electron chi connectivity index (χ0n) is 19.8. The molecule has 0 atom stereocenters. The lowest BCUT2D eigenvalue weighted by atomic mass is 9.63. The van der Waals surface area contributed by atoms with Crippen molar-refractivity contribution in [2.24, 2.45) is 5.10 Å². The third kappa shape index (κ3) is 5.86. The van der Waals surface area contributed by atoms with Gasteiger partial charge in [-0.1, -0.05) is 58.6 Å². The molecule has 0 spiro atoms. The Morgan fingerprint density at radius 2 is 1.63 bits per heavy atom. The van der Waals surface area contributed by atoms with Gasteiger partial charge in [0.1, 0.15) is 0 Å². The van der Waals surface area contributed by atoms with Crippen LogP contribution in [0.15, 0.2) is 48.1 Å². The number of hydrazone groups is 1. The summed E-state index contributed by atoms with van der Waals surface area (Å²) in [4.78, 5) is 2.36. The summed E-state index contributed by atoms with van der Waals surface area (Å²) in [5.74, 6) is 2.25. The van der Waals surface area contributed by atoms with Crippen molar-refractivity contribution < 1.29 is 0 Å². The van der Waals surface area contributed by atoms with E-state index in [-0.39, 0.29) is 10.8 Å². The molecular weight excluding hydrogens is 366 g/mol. The van der Waals surface area contributed by atoms with E-state index < -0.39 is 0 Å². The molecule has 1 saturated heterocycles. The Hall–Kier alpha value is -2.31. The van der Waals surface area contributed by atoms with E-state index in [1.54, 1.807) is 6.92 Å². The van der Waals surface area contributed by atoms with Gasteiger partial charge in [0, 0.05) is 31.7 Å². The fourth-order valence-corrected chi connectivity index (χ4v) is 4.14. The van der Waals surface area contributed by atoms with E-state index >= 15 is 0 Å². The van der Waals surface area contributed by atoms with Crippen LogP contribution < -0.4 is 0 Å². The predicted molar refractivity (Wildman–Crippen MR) is 131 cm³/mol. The molecule has 1 fully saturated rings. The number of hydrogen-bond acceptors (Lipinski definition) is 3. The van der Waals surface area contributed by atoms with Gasteiger partial charge in [-0.15, -0.1) is 12.3 Å². The first kappa shape index (κ1) is 24.0. The van der Waals surface area contributed by atoms with Gasteiger partial charge in [0.25, 0.3) is 0 Å². The van der Waals surface area contributed by atoms with E-state index in [1.165, 1.54) is 29.5 Å². The molecule has 2 aliphatic rings. The Labute approximate surface area is 184 Å². The number of hydrogen-bond donors (Lipinski definition) is 0. The van der Waals surface area contributed by atoms with Crippen molar-refractivity contribution in [3.05, 3.63) is 59.7 Å². The number of fused-ring (bicyclic) bond motifs is 1. The standard InChI is InChI=1S/C24H35N3.C3H4/c1-7-8-9-22(25-27-16-14-26(6)15-17-27)19-10-11-20-21(18-19)24(4,5)13-12-23(20,2)3;1-3-2/h7-11,18H,1,12-17H2,2-6H3;1H,2H3/b9-8-,25-22+;. The smallest absolute Gasteiger partial charge is 0.0904 e. The first-order chi connectivity index (χ1) is 14.1. The number of allylic oxidation sites excluding steroid dienone is 3. The number of benzene rings is 1. The fourth-order valence-electron chi connectivity index (χ4n) is 4.14. The molecular formula is C27H39N3. The summed E-state index contributed by atoms with van der Waals surface area (Å²) in [5, 5.41) is 7.21. The number of terminal acetylenes is 1. The average molecular weight is 406 g/mol. The summed E-state index contributed by atoms with van der Waals surface area (Å²) < 4.78 is 0. The van der Waals surface area contributed by atoms with Gasteiger partial charge in [0.05, 0.1) is 5.71 Å². The Kier molecular flexibility index (Phi) is 8.10. The molecule has 0 N–H and O–H groups in total. The second-order valence-electron chi connectivity index (χ2n) is 9.65. The Morgan fingerprint density at radius 1 is 1.07 bits per heavy atom. The second kappa shape index (κ2) is 10.1. The van der Waals surface area contributed by atoms with Crippen molar-refractivity contribution in [3.8, 4) is 12.3 Å². The highest BCUT2D eigenvalue weighted by atomic mass is 15.5. The summed E-state index contributed by atoms with van der Waals surface area (Å²) in [6.07, 6.45) is 13.0. The summed E-state index contributed by atoms with van der Waals surface area (Å²) in [5.41, 5.74) is 5.67. The van der Waals surface area contributed by atoms with Gasteiger partial charge in [0.2, 0.25) is 0 Å². The van der Waals surface area contributed by atoms with Crippen molar-refractivity contribution in [1.29, 1.82) is 0 Å². The topological polar surface area (TPSA) is 18.8 Å². The molecule has 1 heterocycles. The van der Waals surface area contributed by atoms with E-state index in [0.29, 0.717) is 0 Å². The minimum absolute atomic E-state index is 0.210. The van der Waals surface area contributed by atoms with Crippen molar-refractivity contribution in [2.75, 3.05) is 33.2 Å². The van der Waals surface area contributed by atoms with Crippen LogP contribution in [0.5, 0.6) is 0 Å². The largest absolute Gasteiger partial charge is 0.303 e. The van der Waals surface area contributed by atoms with E-state index in [9.17, 15) is 0 Å². The molecule has 0 unspecified atom stereocenters. The molecule has 1 aromatic carbocycles. The molecule has 0 radical (unpaired) electrons. The Bertz CT molecular complexity index is 828. The van der Waals surface area contributed by atoms with Crippen molar-refractivity contribution in [2.45, 2.75) is 58.3 Å². The van der Waals surface area contributed by atoms with Crippen LogP contribution >= 0.6 is 0 Å². The number of nitrogens with zero attached hydrogens (tertiary/aromatic N) is 3. The van der Waals surface area contributed by atoms with Crippen LogP contribution in [0.25, 0.3) is 0 Å². The van der Waals surface area contributed by atoms with Gasteiger partial charge in [-0.3, -0.25) is 5.01 Å². The van der Waals surface area contributed by atoms with Crippen LogP contribution in [0, 0.1) is 12.3 Å². The third-order valence-electron chi connectivity index (χ3n) is 6.27. The van der Waals surface area contributed by atoms with Crippen molar-refractivity contribution in [3.63, 3.8) is 0 Å². The molecule has 1 aromatic rings. The third-order valence-corrected chi connectivity index (χ3v) is 6.27. The molecule has 3 rings (SSSR count). The zero-order chi connectivity index (χ0) is 22.4. The Morgan fingerprint density at radius 3 is 2.20 bits per heavy atom. The van der Waals surface area contributed by atoms with Crippen LogP contribution in [0.1, 0.15) is 64.2 Å². The molecule has 0 saturated carbocycles. The maximum atomic E-state index is 5.00. The monoisotopic (exact) mass is 405 g/mol. The highest BCUT2D eigenvalue weighted by molar-refractivity contribution is 6.08. The lowest BCUT2D eigenvalue weighted by molar-refractivity contribution is 0.159. The van der Waals surface area contributed by atoms with Crippen LogP contribution in [0.2, 0.25) is 0 Å². The molecule has 0 amide bonds. The van der Waals surface area contributed by atoms with Gasteiger partial charge in [-0.2, -0.15) is 5.10 Å². The minimum atomic E-state index is 0.210. The molecule has 1 aliphatic heterocycles. The second-order valence-corrected chi connectivity index (χ2v) is 9.65. The lowest BCUT2D eigenvalue weighted by Gasteiger charge is -2.42. The van der Waals surface area contributed by atoms with Crippen molar-refractivity contribution in [1.82, 2.24) is 9.91 Å². The van der Waals surface area contributed by atoms with Crippen LogP contribution in [0.4, 0.5) is 0 Å². The molecule has 0 bridgehead atoms. The Balaban J connectivity index is 0.00000101. The minimum Gasteiger partial charge on any atom is -0.303 e. The summed E-state index contributed by atoms with van der Waals surface area (Å²) in [7, 11) is 2.17. The predicted octanol–water partition coefficient (Wildman–Crippen LogP) is 5.37. The zero-order valence-corrected chi connectivity index (χ0v) is 19.8. The molecule has 1 aliphatic carbocycles. The number of piperazine rings is 1. The first-order valence-electron chi connectivity index (χ1n) is 11.0. The van der Waals surface area contributed by atoms with Crippen LogP contribution in [-0.4, -0.2) is 48.8 Å². The molecule has 162 valence electrons. The van der Waals surface area contributed by atoms with E-state index in [0.717, 1.165) is 31.9 Å². The highest BCUT2D eigenvalue weighted by Crippen LogP contribution is 2.45. The quantitative estimate of drug-likeness (QED) is 0.381. The molecule has 3 nitrogen and oxygen atoms in total. The van der Waals surface area contributed by atoms with Crippen molar-refractivity contribution >= 4 is 5.71 Å². The molecule has 3 heteroatoms. The SMILES string of the molecule is C#CC.C=C/C=C\C(=N/N1CCN(C)CC1)c1ccc2c(c1)C(C)(C)CCC2(C)C. The molecule has 30 heavy (non-hydrogen) atoms. The summed E-state index contributed by atoms with van der Waals surface area (Å²) in [6, 6.07) is 6.98. The molecule has 0 aromatic heterocycles. The average Bonchev–Trinajstić information content (AvgIpc) is 2.70. The lowest BCUT2D eigenvalue weighted by Crippen LogP contribution is -2.42. The maximum absolute atomic E-state index is 5.00. The first-order valence-corrected chi connectivity index (χ1v) is 11.0.